The second kappa shape index (κ2) is 7.82. The van der Waals surface area contributed by atoms with E-state index in [4.69, 9.17) is 4.74 Å². The van der Waals surface area contributed by atoms with E-state index in [1.807, 2.05) is 61.5 Å². The summed E-state index contributed by atoms with van der Waals surface area (Å²) >= 11 is 1.40. The Morgan fingerprint density at radius 2 is 1.82 bits per heavy atom. The lowest BCUT2D eigenvalue weighted by atomic mass is 10.1. The second-order valence-electron chi connectivity index (χ2n) is 6.22. The number of aryl methyl sites for hydroxylation is 1. The summed E-state index contributed by atoms with van der Waals surface area (Å²) in [5, 5.41) is 0.611. The summed E-state index contributed by atoms with van der Waals surface area (Å²) in [5.74, 6) is 1.19. The molecule has 0 aliphatic carbocycles. The van der Waals surface area contributed by atoms with Crippen molar-refractivity contribution < 1.29 is 4.74 Å². The van der Waals surface area contributed by atoms with Gasteiger partial charge in [-0.2, -0.15) is 0 Å². The van der Waals surface area contributed by atoms with E-state index in [0.29, 0.717) is 16.6 Å². The van der Waals surface area contributed by atoms with Crippen LogP contribution in [0.1, 0.15) is 11.4 Å². The molecule has 6 nitrogen and oxygen atoms in total. The highest BCUT2D eigenvalue weighted by Crippen LogP contribution is 2.25. The molecule has 7 heteroatoms. The zero-order chi connectivity index (χ0) is 19.5. The lowest BCUT2D eigenvalue weighted by Crippen LogP contribution is -2.14. The van der Waals surface area contributed by atoms with Crippen molar-refractivity contribution in [3.8, 4) is 17.0 Å². The summed E-state index contributed by atoms with van der Waals surface area (Å²) < 4.78 is 5.21. The summed E-state index contributed by atoms with van der Waals surface area (Å²) in [6.07, 6.45) is 0. The Kier molecular flexibility index (Phi) is 5.08. The van der Waals surface area contributed by atoms with E-state index in [9.17, 15) is 4.79 Å². The molecule has 0 radical (unpaired) electrons. The normalized spacial score (nSPS) is 10.9. The van der Waals surface area contributed by atoms with Crippen molar-refractivity contribution in [3.63, 3.8) is 0 Å². The number of aromatic amines is 1. The fourth-order valence-corrected chi connectivity index (χ4v) is 3.65. The van der Waals surface area contributed by atoms with E-state index >= 15 is 0 Å². The van der Waals surface area contributed by atoms with Gasteiger partial charge in [0.1, 0.15) is 11.4 Å². The number of thioether (sulfide) groups is 1. The third-order valence-electron chi connectivity index (χ3n) is 4.23. The Morgan fingerprint density at radius 3 is 2.61 bits per heavy atom. The minimum Gasteiger partial charge on any atom is -0.497 e. The number of hydrogen-bond acceptors (Lipinski definition) is 6. The topological polar surface area (TPSA) is 80.8 Å². The molecule has 2 aromatic carbocycles. The highest BCUT2D eigenvalue weighted by molar-refractivity contribution is 7.98. The first-order chi connectivity index (χ1) is 13.6. The van der Waals surface area contributed by atoms with Crippen molar-refractivity contribution >= 4 is 22.8 Å². The monoisotopic (exact) mass is 390 g/mol. The van der Waals surface area contributed by atoms with E-state index in [0.717, 1.165) is 33.7 Å². The van der Waals surface area contributed by atoms with Crippen molar-refractivity contribution in [2.75, 3.05) is 7.11 Å². The zero-order valence-electron chi connectivity index (χ0n) is 15.5. The summed E-state index contributed by atoms with van der Waals surface area (Å²) in [6, 6.07) is 17.2. The molecule has 0 amide bonds. The molecular weight excluding hydrogens is 372 g/mol. The van der Waals surface area contributed by atoms with Crippen molar-refractivity contribution in [1.29, 1.82) is 0 Å². The van der Waals surface area contributed by atoms with Crippen LogP contribution in [0.3, 0.4) is 0 Å². The predicted molar refractivity (Wildman–Crippen MR) is 111 cm³/mol. The van der Waals surface area contributed by atoms with E-state index < -0.39 is 0 Å². The van der Waals surface area contributed by atoms with Gasteiger partial charge in [0, 0.05) is 17.0 Å². The van der Waals surface area contributed by atoms with Gasteiger partial charge in [0.15, 0.2) is 5.16 Å². The number of ether oxygens (including phenoxy) is 1. The Labute approximate surface area is 166 Å². The number of aromatic nitrogens is 4. The Hall–Kier alpha value is -3.19. The Balaban J connectivity index is 1.59. The van der Waals surface area contributed by atoms with Gasteiger partial charge in [-0.3, -0.25) is 4.79 Å². The van der Waals surface area contributed by atoms with Gasteiger partial charge in [0.25, 0.3) is 5.56 Å². The number of H-pyrrole nitrogens is 1. The van der Waals surface area contributed by atoms with Crippen molar-refractivity contribution in [3.05, 3.63) is 76.3 Å². The lowest BCUT2D eigenvalue weighted by Gasteiger charge is -2.07. The smallest absolute Gasteiger partial charge is 0.271 e. The molecule has 2 heterocycles. The van der Waals surface area contributed by atoms with Gasteiger partial charge in [0.2, 0.25) is 0 Å². The largest absolute Gasteiger partial charge is 0.497 e. The number of methoxy groups -OCH3 is 1. The Bertz CT molecular complexity index is 1190. The van der Waals surface area contributed by atoms with Crippen LogP contribution in [-0.2, 0) is 5.75 Å². The first kappa shape index (κ1) is 18.2. The number of hydrogen-bond donors (Lipinski definition) is 1. The molecule has 0 saturated heterocycles. The molecule has 140 valence electrons. The minimum absolute atomic E-state index is 0.186. The molecule has 0 unspecified atom stereocenters. The van der Waals surface area contributed by atoms with Gasteiger partial charge in [0.05, 0.1) is 23.8 Å². The van der Waals surface area contributed by atoms with Gasteiger partial charge < -0.3 is 9.72 Å². The summed E-state index contributed by atoms with van der Waals surface area (Å²) in [4.78, 5) is 28.8. The van der Waals surface area contributed by atoms with Crippen LogP contribution in [0, 0.1) is 6.92 Å². The maximum Gasteiger partial charge on any atom is 0.271 e. The summed E-state index contributed by atoms with van der Waals surface area (Å²) in [7, 11) is 1.64. The molecule has 0 aliphatic heterocycles. The van der Waals surface area contributed by atoms with Crippen LogP contribution in [0.2, 0.25) is 0 Å². The molecular formula is C21H18N4O2S. The molecule has 2 aromatic heterocycles. The Morgan fingerprint density at radius 1 is 1.04 bits per heavy atom. The number of nitrogens with one attached hydrogen (secondary N) is 1. The highest BCUT2D eigenvalue weighted by Gasteiger charge is 2.09. The minimum atomic E-state index is -0.186. The average molecular weight is 390 g/mol. The third-order valence-corrected chi connectivity index (χ3v) is 5.09. The number of rotatable bonds is 5. The molecule has 0 fully saturated rings. The number of benzene rings is 2. The second-order valence-corrected chi connectivity index (χ2v) is 7.17. The van der Waals surface area contributed by atoms with Crippen molar-refractivity contribution in [2.45, 2.75) is 17.8 Å². The summed E-state index contributed by atoms with van der Waals surface area (Å²) in [6.45, 7) is 1.93. The van der Waals surface area contributed by atoms with Gasteiger partial charge >= 0.3 is 0 Å². The standard InChI is InChI=1S/C21H18N4O2S/c1-13-11-18(14-7-9-15(27-2)10-8-14)25-21(22-13)28-12-19-20(26)24-17-6-4-3-5-16(17)23-19/h3-11H,12H2,1-2H3,(H,24,26). The molecule has 0 bridgehead atoms. The maximum atomic E-state index is 12.3. The van der Waals surface area contributed by atoms with Gasteiger partial charge in [-0.25, -0.2) is 15.0 Å². The SMILES string of the molecule is COc1ccc(-c2cc(C)nc(SCc3nc4ccccc4[nH]c3=O)n2)cc1. The van der Waals surface area contributed by atoms with Crippen LogP contribution in [0.4, 0.5) is 0 Å². The van der Waals surface area contributed by atoms with Crippen LogP contribution in [0.25, 0.3) is 22.3 Å². The van der Waals surface area contributed by atoms with Gasteiger partial charge in [-0.05, 0) is 49.4 Å². The molecule has 0 saturated carbocycles. The zero-order valence-corrected chi connectivity index (χ0v) is 16.3. The molecule has 0 atom stereocenters. The number of fused-ring (bicyclic) bond motifs is 1. The number of nitrogens with zero attached hydrogens (tertiary/aromatic N) is 3. The quantitative estimate of drug-likeness (QED) is 0.410. The van der Waals surface area contributed by atoms with Crippen LogP contribution in [0.15, 0.2) is 64.5 Å². The number of para-hydroxylation sites is 2. The van der Waals surface area contributed by atoms with E-state index in [-0.39, 0.29) is 5.56 Å². The average Bonchev–Trinajstić information content (AvgIpc) is 2.72. The van der Waals surface area contributed by atoms with Gasteiger partial charge in [-0.15, -0.1) is 0 Å². The van der Waals surface area contributed by atoms with Crippen LogP contribution in [0.5, 0.6) is 5.75 Å². The lowest BCUT2D eigenvalue weighted by molar-refractivity contribution is 0.415. The third kappa shape index (κ3) is 3.89. The van der Waals surface area contributed by atoms with E-state index in [2.05, 4.69) is 19.9 Å². The van der Waals surface area contributed by atoms with Crippen molar-refractivity contribution in [2.24, 2.45) is 0 Å². The van der Waals surface area contributed by atoms with Gasteiger partial charge in [-0.1, -0.05) is 23.9 Å². The predicted octanol–water partition coefficient (Wildman–Crippen LogP) is 3.99. The van der Waals surface area contributed by atoms with E-state index in [1.165, 1.54) is 11.8 Å². The van der Waals surface area contributed by atoms with E-state index in [1.54, 1.807) is 7.11 Å². The fourth-order valence-electron chi connectivity index (χ4n) is 2.81. The molecule has 28 heavy (non-hydrogen) atoms. The fraction of sp³-hybridized carbons (Fsp3) is 0.143. The summed E-state index contributed by atoms with van der Waals surface area (Å²) in [5.41, 5.74) is 4.45. The van der Waals surface area contributed by atoms with Crippen molar-refractivity contribution in [1.82, 2.24) is 19.9 Å². The van der Waals surface area contributed by atoms with Crippen LogP contribution < -0.4 is 10.3 Å². The molecule has 0 aliphatic rings. The molecule has 0 spiro atoms. The molecule has 4 aromatic rings. The first-order valence-corrected chi connectivity index (χ1v) is 9.72. The maximum absolute atomic E-state index is 12.3. The van der Waals surface area contributed by atoms with Crippen LogP contribution in [-0.4, -0.2) is 27.0 Å². The highest BCUT2D eigenvalue weighted by atomic mass is 32.2. The van der Waals surface area contributed by atoms with Crippen LogP contribution >= 0.6 is 11.8 Å². The molecule has 1 N–H and O–H groups in total. The molecule has 4 rings (SSSR count). The first-order valence-electron chi connectivity index (χ1n) is 8.73.